The van der Waals surface area contributed by atoms with Crippen LogP contribution in [0.1, 0.15) is 46.6 Å². The molecule has 0 saturated heterocycles. The van der Waals surface area contributed by atoms with Crippen molar-refractivity contribution in [2.24, 2.45) is 14.1 Å². The van der Waals surface area contributed by atoms with E-state index in [1.165, 1.54) is 7.14 Å². The van der Waals surface area contributed by atoms with E-state index in [-0.39, 0.29) is 5.78 Å². The molecule has 4 aromatic rings. The Labute approximate surface area is 253 Å². The van der Waals surface area contributed by atoms with Crippen molar-refractivity contribution in [3.05, 3.63) is 83.8 Å². The van der Waals surface area contributed by atoms with Gasteiger partial charge in [0.2, 0.25) is 0 Å². The Kier molecular flexibility index (Phi) is 8.20. The van der Waals surface area contributed by atoms with Crippen LogP contribution < -0.4 is 0 Å². The lowest BCUT2D eigenvalue weighted by atomic mass is 9.92. The van der Waals surface area contributed by atoms with Crippen molar-refractivity contribution in [2.45, 2.75) is 32.1 Å². The van der Waals surface area contributed by atoms with Gasteiger partial charge in [0.15, 0.2) is 5.78 Å². The third-order valence-electron chi connectivity index (χ3n) is 6.85. The van der Waals surface area contributed by atoms with Crippen LogP contribution in [0.3, 0.4) is 0 Å². The summed E-state index contributed by atoms with van der Waals surface area (Å²) in [4.78, 5) is 23.2. The smallest absolute Gasteiger partial charge is 0.166 e. The lowest BCUT2D eigenvalue weighted by molar-refractivity contribution is -0.105. The predicted octanol–water partition coefficient (Wildman–Crippen LogP) is 7.00. The van der Waals surface area contributed by atoms with Crippen LogP contribution >= 0.6 is 56.8 Å². The van der Waals surface area contributed by atoms with Crippen molar-refractivity contribution in [1.29, 1.82) is 0 Å². The first-order valence-corrected chi connectivity index (χ1v) is 14.8. The van der Waals surface area contributed by atoms with Gasteiger partial charge >= 0.3 is 0 Å². The largest absolute Gasteiger partial charge is 0.298 e. The molecule has 2 aliphatic rings. The van der Waals surface area contributed by atoms with E-state index in [9.17, 15) is 9.59 Å². The molecule has 0 saturated carbocycles. The molecule has 2 aromatic heterocycles. The molecule has 0 N–H and O–H groups in total. The Morgan fingerprint density at radius 1 is 0.763 bits per heavy atom. The number of aldehydes is 1. The van der Waals surface area contributed by atoms with Crippen LogP contribution in [0.15, 0.2) is 54.1 Å². The SMILES string of the molecule is Cn1nc2c(c1-c1ccc(I)cc1)C(=O)CCC2.Cn1nc2c(c1-c1ccc(I)cc1)C(Cl)=C(C=O)CC2. The predicted molar refractivity (Wildman–Crippen MR) is 167 cm³/mol. The van der Waals surface area contributed by atoms with Gasteiger partial charge in [-0.2, -0.15) is 10.2 Å². The van der Waals surface area contributed by atoms with Crippen molar-refractivity contribution in [3.8, 4) is 22.5 Å². The van der Waals surface area contributed by atoms with E-state index in [2.05, 4.69) is 104 Å². The molecule has 0 amide bonds. The molecule has 0 aliphatic heterocycles. The van der Waals surface area contributed by atoms with Gasteiger partial charge in [0.25, 0.3) is 0 Å². The summed E-state index contributed by atoms with van der Waals surface area (Å²) in [7, 11) is 3.83. The summed E-state index contributed by atoms with van der Waals surface area (Å²) >= 11 is 11.0. The van der Waals surface area contributed by atoms with Crippen molar-refractivity contribution in [1.82, 2.24) is 19.6 Å². The Bertz CT molecular complexity index is 1570. The van der Waals surface area contributed by atoms with E-state index in [1.807, 2.05) is 23.5 Å². The van der Waals surface area contributed by atoms with Gasteiger partial charge in [0, 0.05) is 49.9 Å². The maximum atomic E-state index is 12.1. The Hall–Kier alpha value is -2.31. The second-order valence-corrected chi connectivity index (χ2v) is 12.2. The molecule has 9 heteroatoms. The molecular weight excluding hydrogens is 726 g/mol. The first-order valence-electron chi connectivity index (χ1n) is 12.3. The minimum atomic E-state index is 0.234. The second-order valence-electron chi connectivity index (χ2n) is 9.34. The number of aromatic nitrogens is 4. The Morgan fingerprint density at radius 2 is 1.26 bits per heavy atom. The highest BCUT2D eigenvalue weighted by Gasteiger charge is 2.27. The van der Waals surface area contributed by atoms with Crippen molar-refractivity contribution < 1.29 is 9.59 Å². The van der Waals surface area contributed by atoms with Crippen LogP contribution in [0.5, 0.6) is 0 Å². The number of ketones is 1. The summed E-state index contributed by atoms with van der Waals surface area (Å²) in [6, 6.07) is 16.4. The van der Waals surface area contributed by atoms with E-state index in [4.69, 9.17) is 11.6 Å². The Morgan fingerprint density at radius 3 is 1.79 bits per heavy atom. The number of hydrogen-bond donors (Lipinski definition) is 0. The maximum Gasteiger partial charge on any atom is 0.166 e. The summed E-state index contributed by atoms with van der Waals surface area (Å²) in [5.41, 5.74) is 8.41. The molecule has 0 fully saturated rings. The molecular formula is C29H25ClI2N4O2. The van der Waals surface area contributed by atoms with Gasteiger partial charge in [-0.3, -0.25) is 19.0 Å². The highest BCUT2D eigenvalue weighted by atomic mass is 127. The van der Waals surface area contributed by atoms with Crippen molar-refractivity contribution in [3.63, 3.8) is 0 Å². The van der Waals surface area contributed by atoms with E-state index in [0.717, 1.165) is 70.6 Å². The molecule has 6 rings (SSSR count). The summed E-state index contributed by atoms with van der Waals surface area (Å²) < 4.78 is 6.07. The van der Waals surface area contributed by atoms with Gasteiger partial charge in [-0.05, 0) is 95.1 Å². The molecule has 194 valence electrons. The van der Waals surface area contributed by atoms with Crippen LogP contribution in [-0.2, 0) is 31.7 Å². The van der Waals surface area contributed by atoms with Crippen LogP contribution in [0, 0.1) is 7.14 Å². The number of halogens is 3. The monoisotopic (exact) mass is 750 g/mol. The number of aryl methyl sites for hydroxylation is 4. The van der Waals surface area contributed by atoms with Crippen LogP contribution in [0.4, 0.5) is 0 Å². The normalized spacial score (nSPS) is 14.5. The fourth-order valence-electron chi connectivity index (χ4n) is 5.09. The third kappa shape index (κ3) is 5.27. The molecule has 0 bridgehead atoms. The molecule has 2 aliphatic carbocycles. The van der Waals surface area contributed by atoms with E-state index >= 15 is 0 Å². The molecule has 0 spiro atoms. The fourth-order valence-corrected chi connectivity index (χ4v) is 6.14. The molecule has 0 radical (unpaired) electrons. The maximum absolute atomic E-state index is 12.1. The quantitative estimate of drug-likeness (QED) is 0.167. The molecule has 2 heterocycles. The van der Waals surface area contributed by atoms with Crippen molar-refractivity contribution >= 4 is 73.9 Å². The number of carbonyl (C=O) groups is 2. The van der Waals surface area contributed by atoms with Gasteiger partial charge in [0.1, 0.15) is 6.29 Å². The zero-order valence-corrected chi connectivity index (χ0v) is 26.0. The van der Waals surface area contributed by atoms with E-state index in [0.29, 0.717) is 23.4 Å². The molecule has 0 unspecified atom stereocenters. The number of benzene rings is 2. The number of fused-ring (bicyclic) bond motifs is 2. The summed E-state index contributed by atoms with van der Waals surface area (Å²) in [5, 5.41) is 9.59. The lowest BCUT2D eigenvalue weighted by Gasteiger charge is -2.13. The average molecular weight is 751 g/mol. The number of Topliss-reactive ketones (excluding diaryl/α,β-unsaturated/α-hetero) is 1. The fraction of sp³-hybridized carbons (Fsp3) is 0.241. The molecule has 6 nitrogen and oxygen atoms in total. The van der Waals surface area contributed by atoms with Crippen LogP contribution in [-0.4, -0.2) is 31.6 Å². The first-order chi connectivity index (χ1) is 18.3. The lowest BCUT2D eigenvalue weighted by Crippen LogP contribution is -2.10. The van der Waals surface area contributed by atoms with E-state index in [1.54, 1.807) is 0 Å². The van der Waals surface area contributed by atoms with Crippen LogP contribution in [0.25, 0.3) is 27.5 Å². The Balaban J connectivity index is 0.000000156. The summed E-state index contributed by atoms with van der Waals surface area (Å²) in [6.45, 7) is 0. The minimum absolute atomic E-state index is 0.234. The summed E-state index contributed by atoms with van der Waals surface area (Å²) in [5.74, 6) is 0.234. The van der Waals surface area contributed by atoms with Gasteiger partial charge < -0.3 is 0 Å². The topological polar surface area (TPSA) is 69.8 Å². The number of rotatable bonds is 3. The number of carbonyl (C=O) groups excluding carboxylic acids is 2. The highest BCUT2D eigenvalue weighted by molar-refractivity contribution is 14.1. The molecule has 2 aromatic carbocycles. The van der Waals surface area contributed by atoms with Gasteiger partial charge in [-0.25, -0.2) is 0 Å². The zero-order chi connectivity index (χ0) is 27.0. The standard InChI is InChI=1S/C15H12ClIN2O.C14H13IN2O/c1-19-15(9-2-5-11(17)6-3-9)13-12(18-19)7-4-10(8-20)14(13)16;1-17-14(9-5-7-10(15)8-6-9)13-11(16-17)3-2-4-12(13)18/h2-3,5-6,8H,4,7H2,1H3;5-8H,2-4H2,1H3. The van der Waals surface area contributed by atoms with Crippen LogP contribution in [0.2, 0.25) is 0 Å². The number of hydrogen-bond acceptors (Lipinski definition) is 4. The van der Waals surface area contributed by atoms with Gasteiger partial charge in [-0.1, -0.05) is 35.9 Å². The highest BCUT2D eigenvalue weighted by Crippen LogP contribution is 2.39. The third-order valence-corrected chi connectivity index (χ3v) is 8.72. The van der Waals surface area contributed by atoms with E-state index < -0.39 is 0 Å². The van der Waals surface area contributed by atoms with Gasteiger partial charge in [-0.15, -0.1) is 0 Å². The first kappa shape index (κ1) is 27.3. The zero-order valence-electron chi connectivity index (χ0n) is 21.0. The minimum Gasteiger partial charge on any atom is -0.298 e. The molecule has 38 heavy (non-hydrogen) atoms. The molecule has 0 atom stereocenters. The number of nitrogens with zero attached hydrogens (tertiary/aromatic N) is 4. The average Bonchev–Trinajstić information content (AvgIpc) is 3.43. The van der Waals surface area contributed by atoms with Gasteiger partial charge in [0.05, 0.1) is 33.4 Å². The second kappa shape index (κ2) is 11.4. The van der Waals surface area contributed by atoms with Crippen molar-refractivity contribution in [2.75, 3.05) is 0 Å². The number of allylic oxidation sites excluding steroid dienone is 1. The summed E-state index contributed by atoms with van der Waals surface area (Å²) in [6.07, 6.45) is 4.77.